The van der Waals surface area contributed by atoms with Gasteiger partial charge in [-0.1, -0.05) is 49.0 Å². The normalized spacial score (nSPS) is 12.3. The van der Waals surface area contributed by atoms with Crippen molar-refractivity contribution in [1.82, 2.24) is 5.32 Å². The monoisotopic (exact) mass is 381 g/mol. The van der Waals surface area contributed by atoms with Crippen LogP contribution < -0.4 is 10.1 Å². The van der Waals surface area contributed by atoms with Crippen LogP contribution in [0.5, 0.6) is 5.75 Å². The van der Waals surface area contributed by atoms with Gasteiger partial charge in [-0.05, 0) is 43.5 Å². The minimum Gasteiger partial charge on any atom is -0.493 e. The lowest BCUT2D eigenvalue weighted by molar-refractivity contribution is -0.116. The molecule has 0 aromatic heterocycles. The molecule has 1 atom stereocenters. The van der Waals surface area contributed by atoms with E-state index < -0.39 is 0 Å². The first-order chi connectivity index (χ1) is 11.1. The van der Waals surface area contributed by atoms with Gasteiger partial charge in [-0.2, -0.15) is 0 Å². The number of hydrogen-bond acceptors (Lipinski definition) is 2. The van der Waals surface area contributed by atoms with Crippen molar-refractivity contribution in [3.05, 3.63) is 34.3 Å². The summed E-state index contributed by atoms with van der Waals surface area (Å²) in [5.41, 5.74) is 0.898. The van der Waals surface area contributed by atoms with Gasteiger partial charge in [-0.25, -0.2) is 0 Å². The van der Waals surface area contributed by atoms with Gasteiger partial charge < -0.3 is 10.1 Å². The van der Waals surface area contributed by atoms with E-state index in [1.54, 1.807) is 12.2 Å². The second-order valence-electron chi connectivity index (χ2n) is 5.61. The van der Waals surface area contributed by atoms with Crippen LogP contribution in [0.25, 0.3) is 6.08 Å². The number of unbranched alkanes of at least 4 members (excludes halogenated alkanes) is 1. The lowest BCUT2D eigenvalue weighted by atomic mass is 9.99. The van der Waals surface area contributed by atoms with Gasteiger partial charge in [-0.3, -0.25) is 4.79 Å². The fraction of sp³-hybridized carbons (Fsp3) is 0.526. The van der Waals surface area contributed by atoms with Crippen LogP contribution in [0.3, 0.4) is 0 Å². The van der Waals surface area contributed by atoms with Crippen LogP contribution in [-0.4, -0.2) is 19.1 Å². The molecule has 1 aromatic carbocycles. The zero-order chi connectivity index (χ0) is 17.1. The number of hydrogen-bond donors (Lipinski definition) is 1. The molecule has 0 spiro atoms. The molecular formula is C19H28BrNO2. The van der Waals surface area contributed by atoms with Crippen molar-refractivity contribution in [2.75, 3.05) is 13.2 Å². The number of benzene rings is 1. The zero-order valence-electron chi connectivity index (χ0n) is 14.4. The van der Waals surface area contributed by atoms with Gasteiger partial charge in [0.2, 0.25) is 5.91 Å². The maximum absolute atomic E-state index is 12.0. The highest BCUT2D eigenvalue weighted by Crippen LogP contribution is 2.24. The van der Waals surface area contributed by atoms with Crippen LogP contribution in [-0.2, 0) is 4.79 Å². The Hall–Kier alpha value is -1.29. The number of rotatable bonds is 10. The van der Waals surface area contributed by atoms with Crippen LogP contribution in [0.2, 0.25) is 0 Å². The SMILES string of the molecule is CCCCC(CC)CNC(=O)/C=C/c1cc(Br)ccc1OCC. The van der Waals surface area contributed by atoms with Gasteiger partial charge in [0.1, 0.15) is 5.75 Å². The van der Waals surface area contributed by atoms with E-state index in [1.807, 2.05) is 25.1 Å². The molecule has 1 aromatic rings. The first-order valence-corrected chi connectivity index (χ1v) is 9.28. The minimum absolute atomic E-state index is 0.0534. The molecule has 0 aliphatic heterocycles. The summed E-state index contributed by atoms with van der Waals surface area (Å²) in [7, 11) is 0. The van der Waals surface area contributed by atoms with Crippen LogP contribution in [0.4, 0.5) is 0 Å². The highest BCUT2D eigenvalue weighted by Gasteiger charge is 2.07. The number of amides is 1. The third kappa shape index (κ3) is 7.69. The highest BCUT2D eigenvalue weighted by atomic mass is 79.9. The molecule has 1 amide bonds. The van der Waals surface area contributed by atoms with Crippen LogP contribution in [0.15, 0.2) is 28.7 Å². The Bertz CT molecular complexity index is 514. The Balaban J connectivity index is 2.59. The van der Waals surface area contributed by atoms with Gasteiger partial charge in [0.15, 0.2) is 0 Å². The standard InChI is InChI=1S/C19H28BrNO2/c1-4-7-8-15(5-2)14-21-19(22)12-9-16-13-17(20)10-11-18(16)23-6-3/h9-13,15H,4-8,14H2,1-3H3,(H,21,22)/b12-9+. The predicted molar refractivity (Wildman–Crippen MR) is 101 cm³/mol. The molecule has 23 heavy (non-hydrogen) atoms. The third-order valence-corrected chi connectivity index (χ3v) is 4.29. The maximum atomic E-state index is 12.0. The summed E-state index contributed by atoms with van der Waals surface area (Å²) in [5.74, 6) is 1.30. The molecule has 128 valence electrons. The molecule has 0 aliphatic rings. The van der Waals surface area contributed by atoms with Gasteiger partial charge in [-0.15, -0.1) is 0 Å². The van der Waals surface area contributed by atoms with Gasteiger partial charge in [0, 0.05) is 22.7 Å². The summed E-state index contributed by atoms with van der Waals surface area (Å²) >= 11 is 3.45. The molecule has 0 heterocycles. The molecule has 0 saturated heterocycles. The van der Waals surface area contributed by atoms with E-state index in [1.165, 1.54) is 19.3 Å². The molecule has 1 N–H and O–H groups in total. The predicted octanol–water partition coefficient (Wildman–Crippen LogP) is 5.19. The second-order valence-corrected chi connectivity index (χ2v) is 6.53. The molecule has 0 radical (unpaired) electrons. The van der Waals surface area contributed by atoms with E-state index >= 15 is 0 Å². The Kier molecular flexibility index (Phi) is 9.69. The molecule has 1 unspecified atom stereocenters. The number of carbonyl (C=O) groups is 1. The molecule has 0 fully saturated rings. The minimum atomic E-state index is -0.0534. The van der Waals surface area contributed by atoms with Crippen molar-refractivity contribution in [3.63, 3.8) is 0 Å². The molecule has 0 saturated carbocycles. The van der Waals surface area contributed by atoms with E-state index in [0.717, 1.165) is 28.8 Å². The van der Waals surface area contributed by atoms with E-state index in [4.69, 9.17) is 4.74 Å². The van der Waals surface area contributed by atoms with Gasteiger partial charge in [0.25, 0.3) is 0 Å². The second kappa shape index (κ2) is 11.3. The lowest BCUT2D eigenvalue weighted by Gasteiger charge is -2.14. The van der Waals surface area contributed by atoms with Crippen molar-refractivity contribution in [3.8, 4) is 5.75 Å². The fourth-order valence-corrected chi connectivity index (χ4v) is 2.73. The van der Waals surface area contributed by atoms with Crippen molar-refractivity contribution in [2.45, 2.75) is 46.5 Å². The smallest absolute Gasteiger partial charge is 0.244 e. The Morgan fingerprint density at radius 1 is 1.35 bits per heavy atom. The van der Waals surface area contributed by atoms with Crippen molar-refractivity contribution >= 4 is 27.9 Å². The summed E-state index contributed by atoms with van der Waals surface area (Å²) in [5, 5.41) is 3.00. The average Bonchev–Trinajstić information content (AvgIpc) is 2.55. The number of halogens is 1. The number of carbonyl (C=O) groups excluding carboxylic acids is 1. The van der Waals surface area contributed by atoms with E-state index in [9.17, 15) is 4.79 Å². The summed E-state index contributed by atoms with van der Waals surface area (Å²) in [6, 6.07) is 5.79. The average molecular weight is 382 g/mol. The molecular weight excluding hydrogens is 354 g/mol. The van der Waals surface area contributed by atoms with E-state index in [0.29, 0.717) is 12.5 Å². The van der Waals surface area contributed by atoms with E-state index in [-0.39, 0.29) is 5.91 Å². The summed E-state index contributed by atoms with van der Waals surface area (Å²) < 4.78 is 6.54. The topological polar surface area (TPSA) is 38.3 Å². The zero-order valence-corrected chi connectivity index (χ0v) is 16.0. The maximum Gasteiger partial charge on any atom is 0.244 e. The first-order valence-electron chi connectivity index (χ1n) is 8.48. The number of ether oxygens (including phenoxy) is 1. The first kappa shape index (κ1) is 19.8. The Labute approximate surface area is 148 Å². The molecule has 1 rings (SSSR count). The highest BCUT2D eigenvalue weighted by molar-refractivity contribution is 9.10. The van der Waals surface area contributed by atoms with Crippen molar-refractivity contribution in [1.29, 1.82) is 0 Å². The quantitative estimate of drug-likeness (QED) is 0.566. The largest absolute Gasteiger partial charge is 0.493 e. The van der Waals surface area contributed by atoms with Crippen LogP contribution in [0.1, 0.15) is 52.0 Å². The van der Waals surface area contributed by atoms with Crippen molar-refractivity contribution in [2.24, 2.45) is 5.92 Å². The Morgan fingerprint density at radius 3 is 2.78 bits per heavy atom. The van der Waals surface area contributed by atoms with Crippen LogP contribution >= 0.6 is 15.9 Å². The molecule has 0 aliphatic carbocycles. The lowest BCUT2D eigenvalue weighted by Crippen LogP contribution is -2.27. The van der Waals surface area contributed by atoms with E-state index in [2.05, 4.69) is 35.1 Å². The van der Waals surface area contributed by atoms with Gasteiger partial charge in [0.05, 0.1) is 6.61 Å². The van der Waals surface area contributed by atoms with Crippen LogP contribution in [0, 0.1) is 5.92 Å². The Morgan fingerprint density at radius 2 is 2.13 bits per heavy atom. The number of nitrogens with one attached hydrogen (secondary N) is 1. The fourth-order valence-electron chi connectivity index (χ4n) is 2.35. The molecule has 0 bridgehead atoms. The third-order valence-electron chi connectivity index (χ3n) is 3.79. The van der Waals surface area contributed by atoms with Crippen molar-refractivity contribution < 1.29 is 9.53 Å². The molecule has 4 heteroatoms. The summed E-state index contributed by atoms with van der Waals surface area (Å²) in [6.45, 7) is 7.67. The van der Waals surface area contributed by atoms with Gasteiger partial charge >= 0.3 is 0 Å². The summed E-state index contributed by atoms with van der Waals surface area (Å²) in [6.07, 6.45) is 8.09. The molecule has 3 nitrogen and oxygen atoms in total. The summed E-state index contributed by atoms with van der Waals surface area (Å²) in [4.78, 5) is 12.0.